The summed E-state index contributed by atoms with van der Waals surface area (Å²) in [5.41, 5.74) is 6.86. The van der Waals surface area contributed by atoms with Gasteiger partial charge in [0.05, 0.1) is 16.3 Å². The molecule has 0 saturated carbocycles. The SMILES string of the molecule is CC(=O)NCc1ccccc1OCCNc1cc(Cl)cc(Cl)c1C(N)=O. The summed E-state index contributed by atoms with van der Waals surface area (Å²) in [6.07, 6.45) is 0. The van der Waals surface area contributed by atoms with E-state index in [0.29, 0.717) is 36.2 Å². The molecule has 0 aromatic heterocycles. The molecule has 0 heterocycles. The maximum absolute atomic E-state index is 11.6. The lowest BCUT2D eigenvalue weighted by Crippen LogP contribution is -2.20. The molecule has 0 aliphatic heterocycles. The van der Waals surface area contributed by atoms with Crippen LogP contribution in [0.4, 0.5) is 5.69 Å². The predicted molar refractivity (Wildman–Crippen MR) is 103 cm³/mol. The summed E-state index contributed by atoms with van der Waals surface area (Å²) in [6, 6.07) is 10.5. The molecular weight excluding hydrogens is 377 g/mol. The average Bonchev–Trinajstić information content (AvgIpc) is 2.56. The smallest absolute Gasteiger partial charge is 0.252 e. The quantitative estimate of drug-likeness (QED) is 0.598. The number of halogens is 2. The molecule has 2 aromatic rings. The Balaban J connectivity index is 1.98. The number of carbonyl (C=O) groups is 2. The van der Waals surface area contributed by atoms with Crippen LogP contribution in [0.5, 0.6) is 5.75 Å². The van der Waals surface area contributed by atoms with E-state index in [0.717, 1.165) is 5.56 Å². The van der Waals surface area contributed by atoms with Gasteiger partial charge in [0.15, 0.2) is 0 Å². The van der Waals surface area contributed by atoms with Crippen LogP contribution in [0.15, 0.2) is 36.4 Å². The molecule has 8 heteroatoms. The minimum atomic E-state index is -0.643. The van der Waals surface area contributed by atoms with Crippen molar-refractivity contribution in [1.29, 1.82) is 0 Å². The van der Waals surface area contributed by atoms with Crippen LogP contribution in [-0.2, 0) is 11.3 Å². The van der Waals surface area contributed by atoms with Crippen molar-refractivity contribution in [3.05, 3.63) is 57.6 Å². The Morgan fingerprint density at radius 1 is 1.19 bits per heavy atom. The zero-order valence-electron chi connectivity index (χ0n) is 14.1. The highest BCUT2D eigenvalue weighted by Crippen LogP contribution is 2.28. The zero-order valence-corrected chi connectivity index (χ0v) is 15.7. The fourth-order valence-electron chi connectivity index (χ4n) is 2.32. The molecule has 2 aromatic carbocycles. The number of carbonyl (C=O) groups excluding carboxylic acids is 2. The second-order valence-corrected chi connectivity index (χ2v) is 6.31. The van der Waals surface area contributed by atoms with Crippen LogP contribution in [0.3, 0.4) is 0 Å². The van der Waals surface area contributed by atoms with E-state index in [1.165, 1.54) is 13.0 Å². The summed E-state index contributed by atoms with van der Waals surface area (Å²) in [7, 11) is 0. The molecule has 2 amide bonds. The predicted octanol–water partition coefficient (Wildman–Crippen LogP) is 3.22. The summed E-state index contributed by atoms with van der Waals surface area (Å²) >= 11 is 12.0. The molecular formula is C18H19Cl2N3O3. The van der Waals surface area contributed by atoms with Gasteiger partial charge in [-0.05, 0) is 18.2 Å². The number of nitrogens with one attached hydrogen (secondary N) is 2. The Kier molecular flexibility index (Phi) is 7.12. The highest BCUT2D eigenvalue weighted by molar-refractivity contribution is 6.37. The first-order valence-corrected chi connectivity index (χ1v) is 8.62. The van der Waals surface area contributed by atoms with Crippen LogP contribution in [0.2, 0.25) is 10.0 Å². The highest BCUT2D eigenvalue weighted by Gasteiger charge is 2.14. The van der Waals surface area contributed by atoms with Gasteiger partial charge >= 0.3 is 0 Å². The molecule has 138 valence electrons. The zero-order chi connectivity index (χ0) is 19.1. The Morgan fingerprint density at radius 2 is 1.92 bits per heavy atom. The van der Waals surface area contributed by atoms with Gasteiger partial charge in [-0.2, -0.15) is 0 Å². The lowest BCUT2D eigenvalue weighted by Gasteiger charge is -2.14. The maximum Gasteiger partial charge on any atom is 0.252 e. The second kappa shape index (κ2) is 9.31. The van der Waals surface area contributed by atoms with Crippen LogP contribution in [0.25, 0.3) is 0 Å². The van der Waals surface area contributed by atoms with Gasteiger partial charge in [-0.1, -0.05) is 41.4 Å². The highest BCUT2D eigenvalue weighted by atomic mass is 35.5. The number of amides is 2. The van der Waals surface area contributed by atoms with Crippen LogP contribution < -0.4 is 21.1 Å². The first kappa shape index (κ1) is 19.9. The van der Waals surface area contributed by atoms with Crippen molar-refractivity contribution < 1.29 is 14.3 Å². The number of hydrogen-bond acceptors (Lipinski definition) is 4. The van der Waals surface area contributed by atoms with Gasteiger partial charge in [0.2, 0.25) is 5.91 Å². The topological polar surface area (TPSA) is 93.4 Å². The largest absolute Gasteiger partial charge is 0.491 e. The number of benzene rings is 2. The molecule has 0 radical (unpaired) electrons. The summed E-state index contributed by atoms with van der Waals surface area (Å²) in [6.45, 7) is 2.55. The monoisotopic (exact) mass is 395 g/mol. The molecule has 0 bridgehead atoms. The first-order chi connectivity index (χ1) is 12.4. The van der Waals surface area contributed by atoms with Crippen LogP contribution in [0.1, 0.15) is 22.8 Å². The van der Waals surface area contributed by atoms with Gasteiger partial charge < -0.3 is 21.1 Å². The molecule has 0 unspecified atom stereocenters. The minimum Gasteiger partial charge on any atom is -0.491 e. The van der Waals surface area contributed by atoms with Crippen molar-refractivity contribution in [2.75, 3.05) is 18.5 Å². The van der Waals surface area contributed by atoms with Crippen molar-refractivity contribution in [2.24, 2.45) is 5.73 Å². The van der Waals surface area contributed by atoms with Gasteiger partial charge in [0.25, 0.3) is 5.91 Å². The van der Waals surface area contributed by atoms with Crippen molar-refractivity contribution in [3.63, 3.8) is 0 Å². The van der Waals surface area contributed by atoms with E-state index in [2.05, 4.69) is 10.6 Å². The number of anilines is 1. The maximum atomic E-state index is 11.6. The lowest BCUT2D eigenvalue weighted by molar-refractivity contribution is -0.119. The van der Waals surface area contributed by atoms with E-state index in [4.69, 9.17) is 33.7 Å². The number of primary amides is 1. The molecule has 6 nitrogen and oxygen atoms in total. The van der Waals surface area contributed by atoms with Crippen molar-refractivity contribution in [2.45, 2.75) is 13.5 Å². The molecule has 2 rings (SSSR count). The van der Waals surface area contributed by atoms with Crippen LogP contribution >= 0.6 is 23.2 Å². The molecule has 0 saturated heterocycles. The van der Waals surface area contributed by atoms with Gasteiger partial charge in [-0.3, -0.25) is 9.59 Å². The molecule has 26 heavy (non-hydrogen) atoms. The van der Waals surface area contributed by atoms with Gasteiger partial charge in [-0.25, -0.2) is 0 Å². The second-order valence-electron chi connectivity index (χ2n) is 5.47. The lowest BCUT2D eigenvalue weighted by atomic mass is 10.1. The number of hydrogen-bond donors (Lipinski definition) is 3. The normalized spacial score (nSPS) is 10.3. The van der Waals surface area contributed by atoms with Crippen LogP contribution in [-0.4, -0.2) is 25.0 Å². The fraction of sp³-hybridized carbons (Fsp3) is 0.222. The van der Waals surface area contributed by atoms with E-state index in [-0.39, 0.29) is 16.5 Å². The molecule has 0 atom stereocenters. The number of nitrogens with two attached hydrogens (primary N) is 1. The number of para-hydroxylation sites is 1. The van der Waals surface area contributed by atoms with Gasteiger partial charge in [0, 0.05) is 30.6 Å². The van der Waals surface area contributed by atoms with E-state index in [1.54, 1.807) is 6.07 Å². The average molecular weight is 396 g/mol. The Hall–Kier alpha value is -2.44. The fourth-order valence-corrected chi connectivity index (χ4v) is 2.91. The van der Waals surface area contributed by atoms with E-state index >= 15 is 0 Å². The van der Waals surface area contributed by atoms with Crippen molar-refractivity contribution in [1.82, 2.24) is 5.32 Å². The minimum absolute atomic E-state index is 0.113. The van der Waals surface area contributed by atoms with Crippen molar-refractivity contribution >= 4 is 40.7 Å². The number of rotatable bonds is 8. The van der Waals surface area contributed by atoms with E-state index < -0.39 is 5.91 Å². The molecule has 4 N–H and O–H groups in total. The Labute approximate surface area is 161 Å². The third-order valence-corrected chi connectivity index (χ3v) is 3.99. The molecule has 0 aliphatic carbocycles. The van der Waals surface area contributed by atoms with Gasteiger partial charge in [0.1, 0.15) is 12.4 Å². The third kappa shape index (κ3) is 5.54. The summed E-state index contributed by atoms with van der Waals surface area (Å²) in [4.78, 5) is 22.6. The molecule has 0 fully saturated rings. The van der Waals surface area contributed by atoms with Crippen molar-refractivity contribution in [3.8, 4) is 5.75 Å². The molecule has 0 spiro atoms. The summed E-state index contributed by atoms with van der Waals surface area (Å²) in [5, 5.41) is 6.37. The standard InChI is InChI=1S/C18H19Cl2N3O3/c1-11(24)23-10-12-4-2-3-5-16(12)26-7-6-22-15-9-13(19)8-14(20)17(15)18(21)25/h2-5,8-9,22H,6-7,10H2,1H3,(H2,21,25)(H,23,24). The third-order valence-electron chi connectivity index (χ3n) is 3.48. The summed E-state index contributed by atoms with van der Waals surface area (Å²) < 4.78 is 5.76. The van der Waals surface area contributed by atoms with Crippen LogP contribution in [0, 0.1) is 0 Å². The van der Waals surface area contributed by atoms with E-state index in [1.807, 2.05) is 24.3 Å². The summed E-state index contributed by atoms with van der Waals surface area (Å²) in [5.74, 6) is -0.0867. The Morgan fingerprint density at radius 3 is 2.62 bits per heavy atom. The Bertz CT molecular complexity index is 812. The van der Waals surface area contributed by atoms with Gasteiger partial charge in [-0.15, -0.1) is 0 Å². The first-order valence-electron chi connectivity index (χ1n) is 7.86. The van der Waals surface area contributed by atoms with E-state index in [9.17, 15) is 9.59 Å². The number of ether oxygens (including phenoxy) is 1. The molecule has 0 aliphatic rings.